The van der Waals surface area contributed by atoms with Gasteiger partial charge in [0.15, 0.2) is 0 Å². The molecule has 2 N–H and O–H groups in total. The number of nitrogens with one attached hydrogen (secondary N) is 2. The van der Waals surface area contributed by atoms with Gasteiger partial charge in [0.2, 0.25) is 5.91 Å². The molecule has 0 radical (unpaired) electrons. The van der Waals surface area contributed by atoms with Crippen molar-refractivity contribution < 1.29 is 14.3 Å². The second-order valence-corrected chi connectivity index (χ2v) is 6.61. The van der Waals surface area contributed by atoms with Crippen LogP contribution >= 0.6 is 11.6 Å². The molecule has 0 spiro atoms. The molecule has 0 aliphatic carbocycles. The summed E-state index contributed by atoms with van der Waals surface area (Å²) in [4.78, 5) is 24.8. The summed E-state index contributed by atoms with van der Waals surface area (Å²) in [6.45, 7) is 1.22. The van der Waals surface area contributed by atoms with Gasteiger partial charge in [-0.25, -0.2) is 0 Å². The second-order valence-electron chi connectivity index (χ2n) is 6.21. The molecule has 0 aromatic heterocycles. The Hall–Kier alpha value is -2.37. The van der Waals surface area contributed by atoms with Gasteiger partial charge in [-0.3, -0.25) is 9.59 Å². The maximum Gasteiger partial charge on any atom is 0.253 e. The van der Waals surface area contributed by atoms with Crippen molar-refractivity contribution in [3.8, 4) is 0 Å². The highest BCUT2D eigenvalue weighted by molar-refractivity contribution is 6.31. The van der Waals surface area contributed by atoms with Crippen molar-refractivity contribution in [3.05, 3.63) is 64.7 Å². The summed E-state index contributed by atoms with van der Waals surface area (Å²) >= 11 is 6.10. The molecule has 1 aliphatic heterocycles. The zero-order chi connectivity index (χ0) is 18.4. The molecule has 26 heavy (non-hydrogen) atoms. The summed E-state index contributed by atoms with van der Waals surface area (Å²) < 4.78 is 5.51. The Morgan fingerprint density at radius 1 is 1.12 bits per heavy atom. The molecule has 1 atom stereocenters. The third-order valence-electron chi connectivity index (χ3n) is 4.27. The number of ether oxygens (including phenoxy) is 1. The molecule has 2 aromatic rings. The van der Waals surface area contributed by atoms with E-state index in [0.717, 1.165) is 25.0 Å². The summed E-state index contributed by atoms with van der Waals surface area (Å²) in [6.07, 6.45) is 2.19. The van der Waals surface area contributed by atoms with Crippen LogP contribution in [0.15, 0.2) is 48.5 Å². The highest BCUT2D eigenvalue weighted by atomic mass is 35.5. The Morgan fingerprint density at radius 3 is 2.65 bits per heavy atom. The topological polar surface area (TPSA) is 67.4 Å². The summed E-state index contributed by atoms with van der Waals surface area (Å²) in [5.74, 6) is -0.452. The van der Waals surface area contributed by atoms with E-state index in [4.69, 9.17) is 16.3 Å². The Balaban J connectivity index is 1.63. The molecular weight excluding hydrogens is 352 g/mol. The van der Waals surface area contributed by atoms with Crippen LogP contribution in [0, 0.1) is 0 Å². The van der Waals surface area contributed by atoms with Gasteiger partial charge in [-0.05, 0) is 36.6 Å². The van der Waals surface area contributed by atoms with Crippen molar-refractivity contribution in [2.45, 2.75) is 25.4 Å². The van der Waals surface area contributed by atoms with Crippen molar-refractivity contribution in [3.63, 3.8) is 0 Å². The average Bonchev–Trinajstić information content (AvgIpc) is 3.16. The van der Waals surface area contributed by atoms with Crippen LogP contribution in [0.25, 0.3) is 0 Å². The van der Waals surface area contributed by atoms with E-state index in [0.29, 0.717) is 22.8 Å². The Morgan fingerprint density at radius 2 is 1.88 bits per heavy atom. The maximum absolute atomic E-state index is 12.5. The first-order chi connectivity index (χ1) is 12.6. The first-order valence-electron chi connectivity index (χ1n) is 8.65. The molecule has 1 heterocycles. The van der Waals surface area contributed by atoms with E-state index in [1.54, 1.807) is 30.3 Å². The molecule has 1 saturated heterocycles. The molecule has 0 saturated carbocycles. The van der Waals surface area contributed by atoms with Gasteiger partial charge < -0.3 is 15.4 Å². The number of carbonyl (C=O) groups is 2. The fourth-order valence-corrected chi connectivity index (χ4v) is 3.11. The highest BCUT2D eigenvalue weighted by Gasteiger charge is 2.18. The van der Waals surface area contributed by atoms with Gasteiger partial charge in [0.05, 0.1) is 23.8 Å². The maximum atomic E-state index is 12.5. The van der Waals surface area contributed by atoms with Crippen LogP contribution in [0.5, 0.6) is 0 Å². The molecule has 1 aliphatic rings. The van der Waals surface area contributed by atoms with Gasteiger partial charge in [0.25, 0.3) is 5.91 Å². The molecule has 5 nitrogen and oxygen atoms in total. The van der Waals surface area contributed by atoms with Crippen LogP contribution < -0.4 is 10.6 Å². The SMILES string of the molecule is O=C(Cc1ccccc1Cl)Nc1ccccc1C(=O)NCC1CCCO1. The number of hydrogen-bond donors (Lipinski definition) is 2. The first-order valence-corrected chi connectivity index (χ1v) is 9.03. The zero-order valence-corrected chi connectivity index (χ0v) is 15.1. The summed E-state index contributed by atoms with van der Waals surface area (Å²) in [5.41, 5.74) is 1.65. The van der Waals surface area contributed by atoms with Crippen LogP contribution in [0.2, 0.25) is 5.02 Å². The van der Waals surface area contributed by atoms with Gasteiger partial charge in [-0.1, -0.05) is 41.9 Å². The normalized spacial score (nSPS) is 16.3. The fourth-order valence-electron chi connectivity index (χ4n) is 2.91. The number of carbonyl (C=O) groups excluding carboxylic acids is 2. The van der Waals surface area contributed by atoms with E-state index in [2.05, 4.69) is 10.6 Å². The van der Waals surface area contributed by atoms with Gasteiger partial charge in [-0.15, -0.1) is 0 Å². The molecule has 0 bridgehead atoms. The molecule has 1 unspecified atom stereocenters. The number of amides is 2. The highest BCUT2D eigenvalue weighted by Crippen LogP contribution is 2.19. The Kier molecular flexibility index (Phi) is 6.26. The minimum Gasteiger partial charge on any atom is -0.376 e. The van der Waals surface area contributed by atoms with Crippen molar-refractivity contribution in [1.29, 1.82) is 0 Å². The van der Waals surface area contributed by atoms with E-state index < -0.39 is 0 Å². The summed E-state index contributed by atoms with van der Waals surface area (Å²) in [5, 5.41) is 6.23. The number of anilines is 1. The number of hydrogen-bond acceptors (Lipinski definition) is 3. The lowest BCUT2D eigenvalue weighted by molar-refractivity contribution is -0.115. The molecule has 136 valence electrons. The molecular formula is C20H21ClN2O3. The van der Waals surface area contributed by atoms with E-state index in [1.807, 2.05) is 18.2 Å². The minimum absolute atomic E-state index is 0.0703. The lowest BCUT2D eigenvalue weighted by Crippen LogP contribution is -2.32. The summed E-state index contributed by atoms with van der Waals surface area (Å²) in [7, 11) is 0. The standard InChI is InChI=1S/C20H21ClN2O3/c21-17-9-3-1-6-14(17)12-19(24)23-18-10-4-2-8-16(18)20(25)22-13-15-7-5-11-26-15/h1-4,6,8-10,15H,5,7,11-13H2,(H,22,25)(H,23,24). The Labute approximate surface area is 157 Å². The fraction of sp³-hybridized carbons (Fsp3) is 0.300. The van der Waals surface area contributed by atoms with E-state index in [-0.39, 0.29) is 24.3 Å². The number of halogens is 1. The molecule has 2 aromatic carbocycles. The van der Waals surface area contributed by atoms with Gasteiger partial charge in [-0.2, -0.15) is 0 Å². The van der Waals surface area contributed by atoms with E-state index in [9.17, 15) is 9.59 Å². The van der Waals surface area contributed by atoms with E-state index in [1.165, 1.54) is 0 Å². The third-order valence-corrected chi connectivity index (χ3v) is 4.64. The first kappa shape index (κ1) is 18.4. The Bertz CT molecular complexity index is 788. The predicted octanol–water partition coefficient (Wildman–Crippen LogP) is 3.43. The van der Waals surface area contributed by atoms with Crippen LogP contribution in [0.4, 0.5) is 5.69 Å². The monoisotopic (exact) mass is 372 g/mol. The molecule has 3 rings (SSSR count). The second kappa shape index (κ2) is 8.83. The third kappa shape index (κ3) is 4.84. The molecule has 6 heteroatoms. The largest absolute Gasteiger partial charge is 0.376 e. The van der Waals surface area contributed by atoms with Crippen LogP contribution in [-0.4, -0.2) is 31.1 Å². The van der Waals surface area contributed by atoms with Crippen molar-refractivity contribution in [2.24, 2.45) is 0 Å². The number of benzene rings is 2. The minimum atomic E-state index is -0.228. The average molecular weight is 373 g/mol. The number of para-hydroxylation sites is 1. The molecule has 2 amide bonds. The van der Waals surface area contributed by atoms with Gasteiger partial charge in [0.1, 0.15) is 0 Å². The van der Waals surface area contributed by atoms with Crippen molar-refractivity contribution in [2.75, 3.05) is 18.5 Å². The van der Waals surface area contributed by atoms with Gasteiger partial charge >= 0.3 is 0 Å². The van der Waals surface area contributed by atoms with Crippen LogP contribution in [0.1, 0.15) is 28.8 Å². The van der Waals surface area contributed by atoms with E-state index >= 15 is 0 Å². The van der Waals surface area contributed by atoms with Gasteiger partial charge in [0, 0.05) is 18.2 Å². The lowest BCUT2D eigenvalue weighted by atomic mass is 10.1. The predicted molar refractivity (Wildman–Crippen MR) is 102 cm³/mol. The zero-order valence-electron chi connectivity index (χ0n) is 14.3. The lowest BCUT2D eigenvalue weighted by Gasteiger charge is -2.14. The van der Waals surface area contributed by atoms with Crippen LogP contribution in [0.3, 0.4) is 0 Å². The molecule has 1 fully saturated rings. The smallest absolute Gasteiger partial charge is 0.253 e. The van der Waals surface area contributed by atoms with Crippen molar-refractivity contribution >= 4 is 29.1 Å². The summed E-state index contributed by atoms with van der Waals surface area (Å²) in [6, 6.07) is 14.2. The quantitative estimate of drug-likeness (QED) is 0.816. The van der Waals surface area contributed by atoms with Crippen molar-refractivity contribution in [1.82, 2.24) is 5.32 Å². The number of rotatable bonds is 6. The van der Waals surface area contributed by atoms with Crippen LogP contribution in [-0.2, 0) is 16.0 Å².